The summed E-state index contributed by atoms with van der Waals surface area (Å²) in [6.45, 7) is 7.13. The van der Waals surface area contributed by atoms with Gasteiger partial charge in [-0.15, -0.1) is 0 Å². The minimum atomic E-state index is -0.341. The molecule has 5 rings (SSSR count). The van der Waals surface area contributed by atoms with Gasteiger partial charge in [0.25, 0.3) is 0 Å². The predicted octanol–water partition coefficient (Wildman–Crippen LogP) is 2.73. The Hall–Kier alpha value is -3.17. The van der Waals surface area contributed by atoms with E-state index in [4.69, 9.17) is 10.1 Å². The number of benzene rings is 1. The first kappa shape index (κ1) is 21.7. The molecule has 0 bridgehead atoms. The van der Waals surface area contributed by atoms with Gasteiger partial charge in [-0.2, -0.15) is 14.7 Å². The molecule has 0 radical (unpaired) electrons. The first-order valence-electron chi connectivity index (χ1n) is 11.7. The molecule has 4 aromatic rings. The molecule has 1 saturated heterocycles. The van der Waals surface area contributed by atoms with Gasteiger partial charge in [0.1, 0.15) is 11.6 Å². The van der Waals surface area contributed by atoms with Crippen LogP contribution in [0, 0.1) is 5.92 Å². The van der Waals surface area contributed by atoms with Crippen LogP contribution in [0.2, 0.25) is 0 Å². The van der Waals surface area contributed by atoms with Crippen molar-refractivity contribution < 1.29 is 5.11 Å². The number of rotatable bonds is 7. The standard InChI is InChI=1S/C24H32N8O/c1-15(2)18-12-28-32-23(27-13-19-17-6-4-5-7-20(17)31(3)30-19)10-22(29-24(18)32)26-11-16-8-9-25-14-21(16)33/h4-7,10,12,15-16,21,25,27,33H,8-9,11,13-14H2,1-3H3,(H,26,29)/t16-,21+/m1/s1. The van der Waals surface area contributed by atoms with Gasteiger partial charge in [-0.1, -0.05) is 32.0 Å². The third-order valence-electron chi connectivity index (χ3n) is 6.53. The van der Waals surface area contributed by atoms with Gasteiger partial charge in [0.2, 0.25) is 0 Å². The Kier molecular flexibility index (Phi) is 5.90. The van der Waals surface area contributed by atoms with Crippen molar-refractivity contribution >= 4 is 28.2 Å². The highest BCUT2D eigenvalue weighted by Gasteiger charge is 2.23. The van der Waals surface area contributed by atoms with Gasteiger partial charge < -0.3 is 21.1 Å². The molecule has 4 heterocycles. The first-order chi connectivity index (χ1) is 16.0. The topological polar surface area (TPSA) is 104 Å². The number of aliphatic hydroxyl groups excluding tert-OH is 1. The van der Waals surface area contributed by atoms with Crippen LogP contribution in [0.3, 0.4) is 0 Å². The number of para-hydroxylation sites is 1. The van der Waals surface area contributed by atoms with E-state index in [2.05, 4.69) is 47.0 Å². The van der Waals surface area contributed by atoms with E-state index < -0.39 is 0 Å². The van der Waals surface area contributed by atoms with Crippen LogP contribution in [0.1, 0.15) is 37.4 Å². The molecular formula is C24H32N8O. The van der Waals surface area contributed by atoms with E-state index in [1.54, 1.807) is 0 Å². The van der Waals surface area contributed by atoms with E-state index >= 15 is 0 Å². The fraction of sp³-hybridized carbons (Fsp3) is 0.458. The van der Waals surface area contributed by atoms with Gasteiger partial charge >= 0.3 is 0 Å². The average Bonchev–Trinajstić information content (AvgIpc) is 3.38. The molecular weight excluding hydrogens is 416 g/mol. The number of fused-ring (bicyclic) bond motifs is 2. The van der Waals surface area contributed by atoms with Crippen LogP contribution in [-0.2, 0) is 13.6 Å². The van der Waals surface area contributed by atoms with Crippen molar-refractivity contribution in [3.05, 3.63) is 47.8 Å². The van der Waals surface area contributed by atoms with E-state index in [1.165, 1.54) is 0 Å². The number of aryl methyl sites for hydroxylation is 1. The monoisotopic (exact) mass is 448 g/mol. The third-order valence-corrected chi connectivity index (χ3v) is 6.53. The number of hydrogen-bond donors (Lipinski definition) is 4. The molecule has 3 aromatic heterocycles. The molecule has 0 amide bonds. The second-order valence-electron chi connectivity index (χ2n) is 9.16. The first-order valence-corrected chi connectivity index (χ1v) is 11.7. The number of nitrogens with one attached hydrogen (secondary N) is 3. The molecule has 4 N–H and O–H groups in total. The van der Waals surface area contributed by atoms with Crippen LogP contribution >= 0.6 is 0 Å². The lowest BCUT2D eigenvalue weighted by atomic mass is 9.95. The molecule has 1 aliphatic heterocycles. The number of hydrogen-bond acceptors (Lipinski definition) is 7. The maximum atomic E-state index is 10.3. The molecule has 9 nitrogen and oxygen atoms in total. The maximum Gasteiger partial charge on any atom is 0.163 e. The van der Waals surface area contributed by atoms with Gasteiger partial charge in [-0.25, -0.2) is 4.98 Å². The van der Waals surface area contributed by atoms with E-state index in [9.17, 15) is 5.11 Å². The molecule has 0 spiro atoms. The number of aromatic nitrogens is 5. The van der Waals surface area contributed by atoms with E-state index in [0.29, 0.717) is 25.6 Å². The second-order valence-corrected chi connectivity index (χ2v) is 9.16. The summed E-state index contributed by atoms with van der Waals surface area (Å²) in [5.41, 5.74) is 4.04. The van der Waals surface area contributed by atoms with Crippen LogP contribution in [0.25, 0.3) is 16.6 Å². The number of piperidine rings is 1. The van der Waals surface area contributed by atoms with Gasteiger partial charge in [-0.05, 0) is 24.9 Å². The number of nitrogens with zero attached hydrogens (tertiary/aromatic N) is 5. The third kappa shape index (κ3) is 4.26. The smallest absolute Gasteiger partial charge is 0.163 e. The number of anilines is 2. The summed E-state index contributed by atoms with van der Waals surface area (Å²) in [5, 5.41) is 31.0. The molecule has 33 heavy (non-hydrogen) atoms. The predicted molar refractivity (Wildman–Crippen MR) is 131 cm³/mol. The SMILES string of the molecule is CC(C)c1cnn2c(NCc3nn(C)c4ccccc34)cc(NC[C@H]3CCNC[C@@H]3O)nc12. The van der Waals surface area contributed by atoms with Crippen molar-refractivity contribution in [3.63, 3.8) is 0 Å². The quantitative estimate of drug-likeness (QED) is 0.345. The Balaban J connectivity index is 1.43. The van der Waals surface area contributed by atoms with Crippen molar-refractivity contribution in [1.29, 1.82) is 0 Å². The fourth-order valence-electron chi connectivity index (χ4n) is 4.57. The van der Waals surface area contributed by atoms with Crippen LogP contribution < -0.4 is 16.0 Å². The van der Waals surface area contributed by atoms with Crippen molar-refractivity contribution in [2.75, 3.05) is 30.3 Å². The van der Waals surface area contributed by atoms with Crippen molar-refractivity contribution in [3.8, 4) is 0 Å². The Morgan fingerprint density at radius 3 is 2.91 bits per heavy atom. The van der Waals surface area contributed by atoms with Crippen LogP contribution in [-0.4, -0.2) is 55.2 Å². The molecule has 1 aliphatic rings. The minimum Gasteiger partial charge on any atom is -0.391 e. The summed E-state index contributed by atoms with van der Waals surface area (Å²) in [5.74, 6) is 2.15. The molecule has 1 fully saturated rings. The van der Waals surface area contributed by atoms with E-state index in [1.807, 2.05) is 40.6 Å². The Morgan fingerprint density at radius 1 is 1.24 bits per heavy atom. The number of β-amino-alcohol motifs (C(OH)–C–C–N with tert-alkyl or cyclic N) is 1. The highest BCUT2D eigenvalue weighted by atomic mass is 16.3. The molecule has 1 aromatic carbocycles. The van der Waals surface area contributed by atoms with Crippen LogP contribution in [0.15, 0.2) is 36.5 Å². The van der Waals surface area contributed by atoms with Gasteiger partial charge in [0.15, 0.2) is 5.65 Å². The summed E-state index contributed by atoms with van der Waals surface area (Å²) < 4.78 is 3.78. The van der Waals surface area contributed by atoms with E-state index in [0.717, 1.165) is 52.4 Å². The lowest BCUT2D eigenvalue weighted by molar-refractivity contribution is 0.0883. The highest BCUT2D eigenvalue weighted by molar-refractivity contribution is 5.82. The van der Waals surface area contributed by atoms with Crippen molar-refractivity contribution in [1.82, 2.24) is 29.7 Å². The van der Waals surface area contributed by atoms with Gasteiger partial charge in [-0.3, -0.25) is 4.68 Å². The summed E-state index contributed by atoms with van der Waals surface area (Å²) in [7, 11) is 1.97. The molecule has 0 aliphatic carbocycles. The molecule has 0 unspecified atom stereocenters. The minimum absolute atomic E-state index is 0.204. The lowest BCUT2D eigenvalue weighted by Gasteiger charge is -2.28. The average molecular weight is 449 g/mol. The normalized spacial score (nSPS) is 18.9. The molecule has 0 saturated carbocycles. The summed E-state index contributed by atoms with van der Waals surface area (Å²) in [6.07, 6.45) is 2.50. The largest absolute Gasteiger partial charge is 0.391 e. The second kappa shape index (κ2) is 8.99. The summed E-state index contributed by atoms with van der Waals surface area (Å²) in [6, 6.07) is 10.2. The fourth-order valence-corrected chi connectivity index (χ4v) is 4.57. The van der Waals surface area contributed by atoms with Crippen LogP contribution in [0.4, 0.5) is 11.6 Å². The van der Waals surface area contributed by atoms with Gasteiger partial charge in [0.05, 0.1) is 30.1 Å². The van der Waals surface area contributed by atoms with E-state index in [-0.39, 0.29) is 12.0 Å². The Labute approximate surface area is 193 Å². The van der Waals surface area contributed by atoms with Crippen molar-refractivity contribution in [2.45, 2.75) is 38.8 Å². The Morgan fingerprint density at radius 2 is 2.09 bits per heavy atom. The van der Waals surface area contributed by atoms with Crippen LogP contribution in [0.5, 0.6) is 0 Å². The zero-order valence-corrected chi connectivity index (χ0v) is 19.4. The molecule has 174 valence electrons. The van der Waals surface area contributed by atoms with Gasteiger partial charge in [0, 0.05) is 43.1 Å². The molecule has 2 atom stereocenters. The highest BCUT2D eigenvalue weighted by Crippen LogP contribution is 2.26. The van der Waals surface area contributed by atoms with Crippen molar-refractivity contribution in [2.24, 2.45) is 13.0 Å². The maximum absolute atomic E-state index is 10.3. The summed E-state index contributed by atoms with van der Waals surface area (Å²) in [4.78, 5) is 4.87. The zero-order valence-electron chi connectivity index (χ0n) is 19.4. The Bertz CT molecular complexity index is 1260. The lowest BCUT2D eigenvalue weighted by Crippen LogP contribution is -2.43. The summed E-state index contributed by atoms with van der Waals surface area (Å²) >= 11 is 0. The zero-order chi connectivity index (χ0) is 22.9. The number of aliphatic hydroxyl groups is 1. The molecule has 9 heteroatoms.